The number of nitrogens with zero attached hydrogens (tertiary/aromatic N) is 1. The van der Waals surface area contributed by atoms with Crippen molar-refractivity contribution in [3.8, 4) is 0 Å². The van der Waals surface area contributed by atoms with Crippen molar-refractivity contribution in [2.45, 2.75) is 24.5 Å². The molecular formula is C24H26N2O4S. The van der Waals surface area contributed by atoms with Gasteiger partial charge < -0.3 is 10.1 Å². The predicted octanol–water partition coefficient (Wildman–Crippen LogP) is 4.05. The number of rotatable bonds is 10. The van der Waals surface area contributed by atoms with Crippen LogP contribution in [0.5, 0.6) is 0 Å². The Labute approximate surface area is 183 Å². The van der Waals surface area contributed by atoms with Crippen LogP contribution in [0.15, 0.2) is 89.8 Å². The lowest BCUT2D eigenvalue weighted by Gasteiger charge is -2.17. The topological polar surface area (TPSA) is 75.7 Å². The molecule has 3 aromatic carbocycles. The fourth-order valence-electron chi connectivity index (χ4n) is 2.97. The molecule has 0 saturated heterocycles. The maximum Gasteiger partial charge on any atom is 0.243 e. The largest absolute Gasteiger partial charge is 0.376 e. The lowest BCUT2D eigenvalue weighted by Crippen LogP contribution is -2.26. The lowest BCUT2D eigenvalue weighted by atomic mass is 10.2. The second kappa shape index (κ2) is 10.9. The van der Waals surface area contributed by atoms with Crippen molar-refractivity contribution in [2.75, 3.05) is 19.0 Å². The van der Waals surface area contributed by atoms with E-state index in [0.29, 0.717) is 18.9 Å². The molecule has 0 radical (unpaired) electrons. The first-order valence-electron chi connectivity index (χ1n) is 9.97. The maximum absolute atomic E-state index is 12.8. The first-order valence-corrected chi connectivity index (χ1v) is 11.4. The van der Waals surface area contributed by atoms with Gasteiger partial charge in [-0.25, -0.2) is 8.42 Å². The first-order chi connectivity index (χ1) is 14.9. The third kappa shape index (κ3) is 6.75. The van der Waals surface area contributed by atoms with Gasteiger partial charge in [0.2, 0.25) is 15.9 Å². The highest BCUT2D eigenvalue weighted by Gasteiger charge is 2.20. The van der Waals surface area contributed by atoms with Crippen LogP contribution < -0.4 is 5.32 Å². The molecule has 3 rings (SSSR count). The summed E-state index contributed by atoms with van der Waals surface area (Å²) in [5.74, 6) is -0.190. The fraction of sp³-hybridized carbons (Fsp3) is 0.208. The van der Waals surface area contributed by atoms with Crippen LogP contribution in [0.1, 0.15) is 17.5 Å². The van der Waals surface area contributed by atoms with E-state index in [-0.39, 0.29) is 23.8 Å². The zero-order valence-corrected chi connectivity index (χ0v) is 18.2. The molecule has 0 aliphatic rings. The molecule has 0 atom stereocenters. The number of sulfonamides is 1. The Kier molecular flexibility index (Phi) is 7.94. The number of anilines is 1. The van der Waals surface area contributed by atoms with Gasteiger partial charge in [0.1, 0.15) is 0 Å². The highest BCUT2D eigenvalue weighted by Crippen LogP contribution is 2.19. The third-order valence-corrected chi connectivity index (χ3v) is 6.50. The number of nitrogens with one attached hydrogen (secondary N) is 1. The molecule has 0 fully saturated rings. The summed E-state index contributed by atoms with van der Waals surface area (Å²) in [6.07, 6.45) is 0.215. The van der Waals surface area contributed by atoms with E-state index in [4.69, 9.17) is 4.74 Å². The summed E-state index contributed by atoms with van der Waals surface area (Å²) in [5, 5.41) is 2.76. The summed E-state index contributed by atoms with van der Waals surface area (Å²) in [4.78, 5) is 12.3. The van der Waals surface area contributed by atoms with Crippen LogP contribution in [0.4, 0.5) is 5.69 Å². The highest BCUT2D eigenvalue weighted by molar-refractivity contribution is 7.89. The summed E-state index contributed by atoms with van der Waals surface area (Å²) in [6.45, 7) is 1.04. The molecule has 0 heterocycles. The maximum atomic E-state index is 12.8. The number of amides is 1. The van der Waals surface area contributed by atoms with E-state index in [9.17, 15) is 13.2 Å². The van der Waals surface area contributed by atoms with Gasteiger partial charge in [-0.2, -0.15) is 4.31 Å². The molecule has 0 aliphatic carbocycles. The molecule has 162 valence electrons. The van der Waals surface area contributed by atoms with Crippen molar-refractivity contribution in [1.29, 1.82) is 0 Å². The number of benzene rings is 3. The van der Waals surface area contributed by atoms with Gasteiger partial charge in [-0.3, -0.25) is 4.79 Å². The van der Waals surface area contributed by atoms with E-state index in [1.807, 2.05) is 60.7 Å². The van der Waals surface area contributed by atoms with E-state index < -0.39 is 10.0 Å². The average Bonchev–Trinajstić information content (AvgIpc) is 2.78. The molecule has 7 heteroatoms. The van der Waals surface area contributed by atoms with Gasteiger partial charge in [-0.1, -0.05) is 60.7 Å². The fourth-order valence-corrected chi connectivity index (χ4v) is 4.13. The van der Waals surface area contributed by atoms with Crippen molar-refractivity contribution in [2.24, 2.45) is 0 Å². The molecule has 1 amide bonds. The van der Waals surface area contributed by atoms with Crippen LogP contribution in [0.3, 0.4) is 0 Å². The van der Waals surface area contributed by atoms with Gasteiger partial charge in [0.25, 0.3) is 0 Å². The van der Waals surface area contributed by atoms with Gasteiger partial charge in [0.05, 0.1) is 24.5 Å². The quantitative estimate of drug-likeness (QED) is 0.485. The van der Waals surface area contributed by atoms with Crippen molar-refractivity contribution >= 4 is 21.6 Å². The Bertz CT molecular complexity index is 1070. The van der Waals surface area contributed by atoms with E-state index in [1.165, 1.54) is 16.4 Å². The van der Waals surface area contributed by atoms with Crippen LogP contribution in [-0.2, 0) is 32.7 Å². The van der Waals surface area contributed by atoms with Crippen LogP contribution in [0.25, 0.3) is 0 Å². The smallest absolute Gasteiger partial charge is 0.243 e. The number of hydrogen-bond donors (Lipinski definition) is 1. The Morgan fingerprint density at radius 3 is 2.06 bits per heavy atom. The lowest BCUT2D eigenvalue weighted by molar-refractivity contribution is -0.117. The summed E-state index contributed by atoms with van der Waals surface area (Å²) in [6, 6.07) is 25.3. The molecule has 0 aromatic heterocycles. The molecule has 0 saturated carbocycles. The first kappa shape index (κ1) is 22.7. The molecular weight excluding hydrogens is 412 g/mol. The monoisotopic (exact) mass is 438 g/mol. The molecule has 0 unspecified atom stereocenters. The molecule has 0 aliphatic heterocycles. The van der Waals surface area contributed by atoms with Gasteiger partial charge >= 0.3 is 0 Å². The third-order valence-electron chi connectivity index (χ3n) is 4.68. The molecule has 0 bridgehead atoms. The Morgan fingerprint density at radius 2 is 1.45 bits per heavy atom. The molecule has 3 aromatic rings. The Hall–Kier alpha value is -3.00. The van der Waals surface area contributed by atoms with Crippen molar-refractivity contribution in [3.63, 3.8) is 0 Å². The van der Waals surface area contributed by atoms with Gasteiger partial charge in [-0.05, 0) is 35.4 Å². The van der Waals surface area contributed by atoms with Crippen LogP contribution in [0.2, 0.25) is 0 Å². The minimum Gasteiger partial charge on any atom is -0.376 e. The van der Waals surface area contributed by atoms with Crippen LogP contribution in [0, 0.1) is 0 Å². The molecule has 1 N–H and O–H groups in total. The van der Waals surface area contributed by atoms with Crippen molar-refractivity contribution < 1.29 is 17.9 Å². The summed E-state index contributed by atoms with van der Waals surface area (Å²) >= 11 is 0. The summed E-state index contributed by atoms with van der Waals surface area (Å²) in [7, 11) is -2.08. The number of carbonyl (C=O) groups excluding carboxylic acids is 1. The van der Waals surface area contributed by atoms with Crippen LogP contribution in [-0.4, -0.2) is 32.3 Å². The van der Waals surface area contributed by atoms with E-state index in [2.05, 4.69) is 5.32 Å². The zero-order chi connectivity index (χ0) is 22.1. The summed E-state index contributed by atoms with van der Waals surface area (Å²) < 4.78 is 32.4. The predicted molar refractivity (Wildman–Crippen MR) is 121 cm³/mol. The molecule has 6 nitrogen and oxygen atoms in total. The average molecular weight is 439 g/mol. The SMILES string of the molecule is CN(Cc1ccccc1)S(=O)(=O)c1ccc(NC(=O)CCOCc2ccccc2)cc1. The zero-order valence-electron chi connectivity index (χ0n) is 17.4. The minimum absolute atomic E-state index is 0.176. The van der Waals surface area contributed by atoms with Crippen LogP contribution >= 0.6 is 0 Å². The van der Waals surface area contributed by atoms with E-state index >= 15 is 0 Å². The number of ether oxygens (including phenoxy) is 1. The Balaban J connectivity index is 1.49. The minimum atomic E-state index is -3.63. The number of carbonyl (C=O) groups is 1. The standard InChI is InChI=1S/C24H26N2O4S/c1-26(18-20-8-4-2-5-9-20)31(28,29)23-14-12-22(13-15-23)25-24(27)16-17-30-19-21-10-6-3-7-11-21/h2-15H,16-19H2,1H3,(H,25,27). The van der Waals surface area contributed by atoms with Crippen molar-refractivity contribution in [1.82, 2.24) is 4.31 Å². The summed E-state index contributed by atoms with van der Waals surface area (Å²) in [5.41, 5.74) is 2.50. The van der Waals surface area contributed by atoms with Gasteiger partial charge in [-0.15, -0.1) is 0 Å². The van der Waals surface area contributed by atoms with Crippen molar-refractivity contribution in [3.05, 3.63) is 96.1 Å². The van der Waals surface area contributed by atoms with E-state index in [1.54, 1.807) is 19.2 Å². The second-order valence-corrected chi connectivity index (χ2v) is 9.15. The van der Waals surface area contributed by atoms with Gasteiger partial charge in [0.15, 0.2) is 0 Å². The highest BCUT2D eigenvalue weighted by atomic mass is 32.2. The molecule has 31 heavy (non-hydrogen) atoms. The number of hydrogen-bond acceptors (Lipinski definition) is 4. The van der Waals surface area contributed by atoms with Gasteiger partial charge in [0, 0.05) is 19.3 Å². The van der Waals surface area contributed by atoms with E-state index in [0.717, 1.165) is 11.1 Å². The normalized spacial score (nSPS) is 11.4. The Morgan fingerprint density at radius 1 is 0.871 bits per heavy atom. The second-order valence-electron chi connectivity index (χ2n) is 7.11. The molecule has 0 spiro atoms.